The van der Waals surface area contributed by atoms with E-state index in [2.05, 4.69) is 17.7 Å². The molecule has 15 heavy (non-hydrogen) atoms. The fourth-order valence-corrected chi connectivity index (χ4v) is 2.72. The minimum absolute atomic E-state index is 0.767. The molecule has 0 radical (unpaired) electrons. The molecular weight excluding hydrogens is 246 g/mol. The number of aryl methyl sites for hydroxylation is 1. The molecule has 1 nitrogen and oxygen atoms in total. The van der Waals surface area contributed by atoms with Gasteiger partial charge in [-0.1, -0.05) is 23.7 Å². The smallest absolute Gasteiger partial charge is 0.161 e. The molecule has 2 aromatic rings. The van der Waals surface area contributed by atoms with Gasteiger partial charge in [-0.25, -0.2) is 0 Å². The summed E-state index contributed by atoms with van der Waals surface area (Å²) < 4.78 is 3.00. The third-order valence-electron chi connectivity index (χ3n) is 2.09. The van der Waals surface area contributed by atoms with Crippen molar-refractivity contribution in [3.8, 4) is 0 Å². The molecule has 1 aromatic carbocycles. The molecule has 0 aliphatic rings. The number of nitrogens with zero attached hydrogens (tertiary/aromatic N) is 1. The van der Waals surface area contributed by atoms with E-state index in [1.165, 1.54) is 10.4 Å². The molecule has 0 aliphatic heterocycles. The monoisotopic (exact) mass is 255 g/mol. The maximum Gasteiger partial charge on any atom is 0.161 e. The third-order valence-corrected chi connectivity index (χ3v) is 3.66. The van der Waals surface area contributed by atoms with Crippen molar-refractivity contribution < 1.29 is 0 Å². The van der Waals surface area contributed by atoms with Crippen LogP contribution in [-0.2, 0) is 6.54 Å². The first-order valence-electron chi connectivity index (χ1n) is 4.56. The van der Waals surface area contributed by atoms with Crippen LogP contribution in [0.3, 0.4) is 0 Å². The maximum atomic E-state index is 5.82. The van der Waals surface area contributed by atoms with Gasteiger partial charge in [-0.3, -0.25) is 0 Å². The van der Waals surface area contributed by atoms with E-state index in [-0.39, 0.29) is 0 Å². The summed E-state index contributed by atoms with van der Waals surface area (Å²) in [4.78, 5) is 1.24. The summed E-state index contributed by atoms with van der Waals surface area (Å²) in [5.41, 5.74) is 1.22. The van der Waals surface area contributed by atoms with Crippen molar-refractivity contribution in [3.05, 3.63) is 49.9 Å². The highest BCUT2D eigenvalue weighted by molar-refractivity contribution is 7.73. The van der Waals surface area contributed by atoms with Crippen molar-refractivity contribution in [2.45, 2.75) is 13.5 Å². The molecule has 0 aliphatic carbocycles. The predicted octanol–water partition coefficient (Wildman–Crippen LogP) is 4.29. The van der Waals surface area contributed by atoms with E-state index in [1.54, 1.807) is 11.3 Å². The topological polar surface area (TPSA) is 4.93 Å². The molecule has 0 atom stereocenters. The zero-order valence-corrected chi connectivity index (χ0v) is 10.6. The Kier molecular flexibility index (Phi) is 3.24. The van der Waals surface area contributed by atoms with E-state index in [0.717, 1.165) is 15.5 Å². The zero-order valence-electron chi connectivity index (χ0n) is 8.24. The van der Waals surface area contributed by atoms with Gasteiger partial charge < -0.3 is 4.57 Å². The molecule has 0 saturated heterocycles. The van der Waals surface area contributed by atoms with Gasteiger partial charge in [0.1, 0.15) is 0 Å². The van der Waals surface area contributed by atoms with Crippen LogP contribution in [0.1, 0.15) is 10.4 Å². The fraction of sp³-hybridized carbons (Fsp3) is 0.182. The van der Waals surface area contributed by atoms with Gasteiger partial charge in [-0.05, 0) is 36.8 Å². The Morgan fingerprint density at radius 1 is 1.33 bits per heavy atom. The second kappa shape index (κ2) is 4.47. The molecule has 0 N–H and O–H groups in total. The largest absolute Gasteiger partial charge is 0.325 e. The van der Waals surface area contributed by atoms with Crippen LogP contribution in [-0.4, -0.2) is 4.57 Å². The Bertz CT molecular complexity index is 510. The molecule has 0 unspecified atom stereocenters. The molecule has 0 spiro atoms. The fourth-order valence-electron chi connectivity index (χ4n) is 1.39. The lowest BCUT2D eigenvalue weighted by Crippen LogP contribution is -1.96. The summed E-state index contributed by atoms with van der Waals surface area (Å²) >= 11 is 12.7. The molecule has 1 aromatic heterocycles. The summed E-state index contributed by atoms with van der Waals surface area (Å²) in [6, 6.07) is 7.85. The molecule has 0 bridgehead atoms. The van der Waals surface area contributed by atoms with Crippen molar-refractivity contribution in [1.29, 1.82) is 0 Å². The summed E-state index contributed by atoms with van der Waals surface area (Å²) in [6.07, 6.45) is 2.08. The number of hydrogen-bond donors (Lipinski definition) is 0. The van der Waals surface area contributed by atoms with Crippen LogP contribution in [0.5, 0.6) is 0 Å². The summed E-state index contributed by atoms with van der Waals surface area (Å²) in [5, 5.41) is 0.767. The highest BCUT2D eigenvalue weighted by atomic mass is 35.5. The number of thiazole rings is 1. The van der Waals surface area contributed by atoms with Gasteiger partial charge in [-0.2, -0.15) is 0 Å². The molecule has 78 valence electrons. The molecule has 0 amide bonds. The SMILES string of the molecule is Cc1cn(Cc2ccc(Cl)cc2)c(=S)s1. The van der Waals surface area contributed by atoms with Crippen LogP contribution in [0, 0.1) is 10.9 Å². The number of aromatic nitrogens is 1. The first-order valence-corrected chi connectivity index (χ1v) is 6.17. The zero-order chi connectivity index (χ0) is 10.8. The van der Waals surface area contributed by atoms with E-state index >= 15 is 0 Å². The first kappa shape index (κ1) is 10.9. The van der Waals surface area contributed by atoms with Gasteiger partial charge in [0.05, 0.1) is 0 Å². The van der Waals surface area contributed by atoms with Gasteiger partial charge in [0.2, 0.25) is 0 Å². The molecule has 0 saturated carbocycles. The maximum absolute atomic E-state index is 5.82. The van der Waals surface area contributed by atoms with Crippen molar-refractivity contribution in [1.82, 2.24) is 4.57 Å². The van der Waals surface area contributed by atoms with Crippen LogP contribution in [0.25, 0.3) is 0 Å². The van der Waals surface area contributed by atoms with Crippen molar-refractivity contribution in [2.24, 2.45) is 0 Å². The van der Waals surface area contributed by atoms with E-state index < -0.39 is 0 Å². The van der Waals surface area contributed by atoms with Crippen LogP contribution >= 0.6 is 35.2 Å². The van der Waals surface area contributed by atoms with E-state index in [4.69, 9.17) is 23.8 Å². The van der Waals surface area contributed by atoms with Gasteiger partial charge >= 0.3 is 0 Å². The van der Waals surface area contributed by atoms with Crippen molar-refractivity contribution in [2.75, 3.05) is 0 Å². The summed E-state index contributed by atoms with van der Waals surface area (Å²) in [5.74, 6) is 0. The predicted molar refractivity (Wildman–Crippen MR) is 68.4 cm³/mol. The second-order valence-corrected chi connectivity index (χ2v) is 5.68. The number of hydrogen-bond acceptors (Lipinski definition) is 2. The molecular formula is C11H10ClNS2. The van der Waals surface area contributed by atoms with Crippen molar-refractivity contribution >= 4 is 35.2 Å². The lowest BCUT2D eigenvalue weighted by Gasteiger charge is -2.02. The summed E-state index contributed by atoms with van der Waals surface area (Å²) in [7, 11) is 0. The van der Waals surface area contributed by atoms with Crippen LogP contribution in [0.2, 0.25) is 5.02 Å². The highest BCUT2D eigenvalue weighted by Gasteiger charge is 1.99. The average Bonchev–Trinajstić information content (AvgIpc) is 2.49. The second-order valence-electron chi connectivity index (χ2n) is 3.36. The number of halogens is 1. The Balaban J connectivity index is 2.25. The standard InChI is InChI=1S/C11H10ClNS2/c1-8-6-13(11(14)15-8)7-9-2-4-10(12)5-3-9/h2-6H,7H2,1H3. The van der Waals surface area contributed by atoms with Crippen molar-refractivity contribution in [3.63, 3.8) is 0 Å². The van der Waals surface area contributed by atoms with Crippen LogP contribution < -0.4 is 0 Å². The van der Waals surface area contributed by atoms with Gasteiger partial charge in [0.15, 0.2) is 3.95 Å². The minimum atomic E-state index is 0.767. The van der Waals surface area contributed by atoms with Crippen LogP contribution in [0.4, 0.5) is 0 Å². The normalized spacial score (nSPS) is 10.5. The summed E-state index contributed by atoms with van der Waals surface area (Å²) in [6.45, 7) is 2.89. The Morgan fingerprint density at radius 3 is 2.53 bits per heavy atom. The first-order chi connectivity index (χ1) is 7.15. The third kappa shape index (κ3) is 2.68. The van der Waals surface area contributed by atoms with E-state index in [1.807, 2.05) is 24.3 Å². The van der Waals surface area contributed by atoms with Crippen LogP contribution in [0.15, 0.2) is 30.5 Å². The van der Waals surface area contributed by atoms with E-state index in [9.17, 15) is 0 Å². The molecule has 0 fully saturated rings. The van der Waals surface area contributed by atoms with Gasteiger partial charge in [0, 0.05) is 22.6 Å². The molecule has 1 heterocycles. The minimum Gasteiger partial charge on any atom is -0.325 e. The Hall–Kier alpha value is -0.640. The highest BCUT2D eigenvalue weighted by Crippen LogP contribution is 2.15. The Morgan fingerprint density at radius 2 is 2.00 bits per heavy atom. The van der Waals surface area contributed by atoms with Gasteiger partial charge in [-0.15, -0.1) is 11.3 Å². The van der Waals surface area contributed by atoms with E-state index in [0.29, 0.717) is 0 Å². The quantitative estimate of drug-likeness (QED) is 0.725. The molecule has 4 heteroatoms. The molecule has 2 rings (SSSR count). The number of rotatable bonds is 2. The Labute approximate surface area is 103 Å². The average molecular weight is 256 g/mol. The number of benzene rings is 1. The lowest BCUT2D eigenvalue weighted by molar-refractivity contribution is 0.798. The van der Waals surface area contributed by atoms with Gasteiger partial charge in [0.25, 0.3) is 0 Å². The lowest BCUT2D eigenvalue weighted by atomic mass is 10.2.